The van der Waals surface area contributed by atoms with Crippen molar-refractivity contribution < 1.29 is 0 Å². The molecule has 0 saturated carbocycles. The summed E-state index contributed by atoms with van der Waals surface area (Å²) < 4.78 is 0. The summed E-state index contributed by atoms with van der Waals surface area (Å²) in [5, 5.41) is 0. The minimum atomic E-state index is 0.485. The minimum Gasteiger partial charge on any atom is -0.382 e. The Balaban J connectivity index is 0.000000276. The second-order valence-corrected chi connectivity index (χ2v) is 5.30. The standard InChI is InChI=1S/C12H13N3.C5H11N.C2H6/c1-2-3-6-11-12(13)15-10-8-5-4-7-9(10)14-11;1-6-4-2-3-5-6;1-2/h3-8H,2H2,1H3,(H2,13,15);2-5H2,1H3;1-2H3/b6-3+;;. The van der Waals surface area contributed by atoms with Gasteiger partial charge in [0, 0.05) is 0 Å². The van der Waals surface area contributed by atoms with Crippen LogP contribution in [0.15, 0.2) is 30.3 Å². The molecule has 2 N–H and O–H groups in total. The Morgan fingerprint density at radius 1 is 1.09 bits per heavy atom. The first-order valence-corrected chi connectivity index (χ1v) is 8.58. The second-order valence-electron chi connectivity index (χ2n) is 5.30. The van der Waals surface area contributed by atoms with Gasteiger partial charge in [-0.25, -0.2) is 9.97 Å². The van der Waals surface area contributed by atoms with E-state index in [4.69, 9.17) is 5.73 Å². The van der Waals surface area contributed by atoms with E-state index in [0.717, 1.165) is 23.1 Å². The summed E-state index contributed by atoms with van der Waals surface area (Å²) in [7, 11) is 2.17. The molecule has 1 saturated heterocycles. The molecule has 1 fully saturated rings. The molecule has 1 aromatic heterocycles. The molecule has 126 valence electrons. The largest absolute Gasteiger partial charge is 0.382 e. The summed E-state index contributed by atoms with van der Waals surface area (Å²) >= 11 is 0. The molecule has 0 unspecified atom stereocenters. The monoisotopic (exact) mass is 314 g/mol. The van der Waals surface area contributed by atoms with Gasteiger partial charge >= 0.3 is 0 Å². The first-order chi connectivity index (χ1) is 11.2. The maximum absolute atomic E-state index is 5.80. The van der Waals surface area contributed by atoms with Crippen LogP contribution in [0.5, 0.6) is 0 Å². The first kappa shape index (κ1) is 19.1. The Hall–Kier alpha value is -1.94. The predicted molar refractivity (Wildman–Crippen MR) is 101 cm³/mol. The van der Waals surface area contributed by atoms with Crippen molar-refractivity contribution in [1.82, 2.24) is 14.9 Å². The fourth-order valence-electron chi connectivity index (χ4n) is 2.25. The Bertz CT molecular complexity index is 601. The van der Waals surface area contributed by atoms with Crippen LogP contribution in [0.3, 0.4) is 0 Å². The minimum absolute atomic E-state index is 0.485. The third-order valence-corrected chi connectivity index (χ3v) is 3.47. The lowest BCUT2D eigenvalue weighted by molar-refractivity contribution is 0.418. The highest BCUT2D eigenvalue weighted by atomic mass is 15.1. The van der Waals surface area contributed by atoms with Crippen molar-refractivity contribution in [2.75, 3.05) is 25.9 Å². The van der Waals surface area contributed by atoms with Gasteiger partial charge in [-0.1, -0.05) is 39.0 Å². The van der Waals surface area contributed by atoms with Crippen molar-refractivity contribution in [2.45, 2.75) is 40.0 Å². The molecule has 0 radical (unpaired) electrons. The third kappa shape index (κ3) is 6.37. The third-order valence-electron chi connectivity index (χ3n) is 3.47. The number of para-hydroxylation sites is 2. The molecular formula is C19H30N4. The fourth-order valence-corrected chi connectivity index (χ4v) is 2.25. The van der Waals surface area contributed by atoms with Crippen LogP contribution in [-0.4, -0.2) is 35.0 Å². The zero-order valence-electron chi connectivity index (χ0n) is 14.9. The highest BCUT2D eigenvalue weighted by Crippen LogP contribution is 2.15. The number of hydrogen-bond donors (Lipinski definition) is 1. The van der Waals surface area contributed by atoms with Gasteiger partial charge in [-0.15, -0.1) is 0 Å². The quantitative estimate of drug-likeness (QED) is 0.894. The average molecular weight is 314 g/mol. The molecule has 0 amide bonds. The van der Waals surface area contributed by atoms with E-state index in [9.17, 15) is 0 Å². The van der Waals surface area contributed by atoms with Crippen molar-refractivity contribution in [2.24, 2.45) is 0 Å². The molecule has 3 rings (SSSR count). The van der Waals surface area contributed by atoms with Crippen molar-refractivity contribution in [1.29, 1.82) is 0 Å². The summed E-state index contributed by atoms with van der Waals surface area (Å²) in [6.07, 6.45) is 7.73. The van der Waals surface area contributed by atoms with Crippen LogP contribution in [0.4, 0.5) is 5.82 Å². The van der Waals surface area contributed by atoms with Gasteiger partial charge in [0.15, 0.2) is 0 Å². The van der Waals surface area contributed by atoms with E-state index in [2.05, 4.69) is 28.8 Å². The van der Waals surface area contributed by atoms with E-state index in [1.54, 1.807) is 0 Å². The van der Waals surface area contributed by atoms with Crippen molar-refractivity contribution in [3.8, 4) is 0 Å². The number of nitrogens with zero attached hydrogens (tertiary/aromatic N) is 3. The highest BCUT2D eigenvalue weighted by Gasteiger charge is 2.03. The number of fused-ring (bicyclic) bond motifs is 1. The number of hydrogen-bond acceptors (Lipinski definition) is 4. The molecular weight excluding hydrogens is 284 g/mol. The Morgan fingerprint density at radius 2 is 1.65 bits per heavy atom. The van der Waals surface area contributed by atoms with Crippen LogP contribution in [0, 0.1) is 0 Å². The highest BCUT2D eigenvalue weighted by molar-refractivity contribution is 5.78. The van der Waals surface area contributed by atoms with Crippen LogP contribution >= 0.6 is 0 Å². The summed E-state index contributed by atoms with van der Waals surface area (Å²) in [6.45, 7) is 8.71. The van der Waals surface area contributed by atoms with Gasteiger partial charge in [-0.2, -0.15) is 0 Å². The van der Waals surface area contributed by atoms with Gasteiger partial charge in [0.2, 0.25) is 0 Å². The van der Waals surface area contributed by atoms with Crippen molar-refractivity contribution >= 4 is 22.9 Å². The fraction of sp³-hybridized carbons (Fsp3) is 0.474. The van der Waals surface area contributed by atoms with Gasteiger partial charge in [0.1, 0.15) is 11.5 Å². The predicted octanol–water partition coefficient (Wildman–Crippen LogP) is 4.37. The van der Waals surface area contributed by atoms with E-state index in [0.29, 0.717) is 5.82 Å². The number of anilines is 1. The molecule has 0 bridgehead atoms. The van der Waals surface area contributed by atoms with E-state index in [1.807, 2.05) is 50.3 Å². The van der Waals surface area contributed by atoms with Crippen molar-refractivity contribution in [3.63, 3.8) is 0 Å². The molecule has 4 heteroatoms. The lowest BCUT2D eigenvalue weighted by Gasteiger charge is -2.01. The van der Waals surface area contributed by atoms with Crippen LogP contribution in [0.25, 0.3) is 17.1 Å². The Kier molecular flexibility index (Phi) is 8.91. The smallest absolute Gasteiger partial charge is 0.150 e. The normalized spacial score (nSPS) is 14.3. The molecule has 2 aromatic rings. The van der Waals surface area contributed by atoms with E-state index >= 15 is 0 Å². The van der Waals surface area contributed by atoms with Crippen LogP contribution in [-0.2, 0) is 0 Å². The second kappa shape index (κ2) is 10.7. The Morgan fingerprint density at radius 3 is 2.13 bits per heavy atom. The van der Waals surface area contributed by atoms with Crippen LogP contribution in [0.2, 0.25) is 0 Å². The zero-order chi connectivity index (χ0) is 17.1. The molecule has 0 atom stereocenters. The topological polar surface area (TPSA) is 55.0 Å². The number of nitrogens with two attached hydrogens (primary N) is 1. The Labute approximate surface area is 140 Å². The maximum atomic E-state index is 5.80. The van der Waals surface area contributed by atoms with Gasteiger partial charge in [-0.05, 0) is 57.6 Å². The lowest BCUT2D eigenvalue weighted by Crippen LogP contribution is -2.10. The van der Waals surface area contributed by atoms with Gasteiger partial charge < -0.3 is 10.6 Å². The molecule has 1 aromatic carbocycles. The number of allylic oxidation sites excluding steroid dienone is 1. The average Bonchev–Trinajstić information content (AvgIpc) is 3.06. The molecule has 2 heterocycles. The SMILES string of the molecule is CC.CC/C=C/c1nc2ccccc2nc1N.CN1CCCC1. The summed E-state index contributed by atoms with van der Waals surface area (Å²) in [4.78, 5) is 11.1. The summed E-state index contributed by atoms with van der Waals surface area (Å²) in [5.74, 6) is 0.485. The number of benzene rings is 1. The van der Waals surface area contributed by atoms with Gasteiger partial charge in [0.05, 0.1) is 11.0 Å². The van der Waals surface area contributed by atoms with Crippen LogP contribution in [0.1, 0.15) is 45.7 Å². The van der Waals surface area contributed by atoms with Gasteiger partial charge in [0.25, 0.3) is 0 Å². The molecule has 23 heavy (non-hydrogen) atoms. The number of aromatic nitrogens is 2. The maximum Gasteiger partial charge on any atom is 0.150 e. The van der Waals surface area contributed by atoms with Crippen LogP contribution < -0.4 is 5.73 Å². The molecule has 1 aliphatic rings. The van der Waals surface area contributed by atoms with E-state index in [1.165, 1.54) is 25.9 Å². The molecule has 4 nitrogen and oxygen atoms in total. The number of rotatable bonds is 2. The number of nitrogen functional groups attached to an aromatic ring is 1. The van der Waals surface area contributed by atoms with E-state index < -0.39 is 0 Å². The number of likely N-dealkylation sites (tertiary alicyclic amines) is 1. The summed E-state index contributed by atoms with van der Waals surface area (Å²) in [6, 6.07) is 7.72. The zero-order valence-corrected chi connectivity index (χ0v) is 14.9. The molecule has 0 aliphatic carbocycles. The first-order valence-electron chi connectivity index (χ1n) is 8.58. The molecule has 1 aliphatic heterocycles. The molecule has 0 spiro atoms. The van der Waals surface area contributed by atoms with Crippen molar-refractivity contribution in [3.05, 3.63) is 36.0 Å². The lowest BCUT2D eigenvalue weighted by atomic mass is 10.2. The summed E-state index contributed by atoms with van der Waals surface area (Å²) in [5.41, 5.74) is 8.26. The van der Waals surface area contributed by atoms with E-state index in [-0.39, 0.29) is 0 Å². The van der Waals surface area contributed by atoms with Gasteiger partial charge in [-0.3, -0.25) is 0 Å².